The zero-order chi connectivity index (χ0) is 14.6. The maximum atomic E-state index is 11.5. The van der Waals surface area contributed by atoms with Crippen molar-refractivity contribution in [2.24, 2.45) is 0 Å². The van der Waals surface area contributed by atoms with E-state index in [-0.39, 0.29) is 5.91 Å². The minimum atomic E-state index is -0.0125. The Balaban J connectivity index is 2.32. The summed E-state index contributed by atoms with van der Waals surface area (Å²) >= 11 is 0. The maximum Gasteiger partial charge on any atom is 0.221 e. The van der Waals surface area contributed by atoms with E-state index in [4.69, 9.17) is 9.47 Å². The number of hydrogen-bond donors (Lipinski definition) is 2. The van der Waals surface area contributed by atoms with Crippen molar-refractivity contribution >= 4 is 11.7 Å². The van der Waals surface area contributed by atoms with Crippen molar-refractivity contribution in [1.82, 2.24) is 10.3 Å². The highest BCUT2D eigenvalue weighted by atomic mass is 16.5. The molecule has 1 aromatic heterocycles. The average Bonchev–Trinajstić information content (AvgIpc) is 2.46. The number of rotatable bonds is 10. The van der Waals surface area contributed by atoms with Crippen LogP contribution in [0.25, 0.3) is 0 Å². The van der Waals surface area contributed by atoms with Gasteiger partial charge in [0.15, 0.2) is 11.6 Å². The molecule has 6 heteroatoms. The van der Waals surface area contributed by atoms with Crippen molar-refractivity contribution < 1.29 is 14.3 Å². The van der Waals surface area contributed by atoms with Crippen LogP contribution >= 0.6 is 0 Å². The summed E-state index contributed by atoms with van der Waals surface area (Å²) in [6.07, 6.45) is 3.02. The zero-order valence-electron chi connectivity index (χ0n) is 12.1. The molecule has 0 aliphatic heterocycles. The Bertz CT molecular complexity index is 399. The first-order valence-electron chi connectivity index (χ1n) is 6.85. The molecule has 0 saturated heterocycles. The van der Waals surface area contributed by atoms with Gasteiger partial charge in [-0.15, -0.1) is 0 Å². The Labute approximate surface area is 119 Å². The summed E-state index contributed by atoms with van der Waals surface area (Å²) in [6, 6.07) is 3.69. The number of aromatic nitrogens is 1. The Morgan fingerprint density at radius 3 is 2.95 bits per heavy atom. The Morgan fingerprint density at radius 2 is 2.20 bits per heavy atom. The molecule has 1 rings (SSSR count). The minimum Gasteiger partial charge on any atom is -0.490 e. The topological polar surface area (TPSA) is 72.5 Å². The Hall–Kier alpha value is -1.82. The molecule has 6 nitrogen and oxygen atoms in total. The predicted octanol–water partition coefficient (Wildman–Crippen LogP) is 1.43. The largest absolute Gasteiger partial charge is 0.490 e. The summed E-state index contributed by atoms with van der Waals surface area (Å²) in [7, 11) is 1.60. The lowest BCUT2D eigenvalue weighted by Crippen LogP contribution is -2.28. The summed E-state index contributed by atoms with van der Waals surface area (Å²) < 4.78 is 10.4. The first-order chi connectivity index (χ1) is 9.77. The number of ether oxygens (including phenoxy) is 2. The van der Waals surface area contributed by atoms with Crippen LogP contribution in [0.2, 0.25) is 0 Å². The van der Waals surface area contributed by atoms with E-state index in [0.29, 0.717) is 44.3 Å². The van der Waals surface area contributed by atoms with Gasteiger partial charge in [-0.2, -0.15) is 0 Å². The van der Waals surface area contributed by atoms with E-state index in [2.05, 4.69) is 15.6 Å². The number of anilines is 1. The first-order valence-corrected chi connectivity index (χ1v) is 6.85. The fourth-order valence-electron chi connectivity index (χ4n) is 1.53. The molecule has 0 saturated carbocycles. The zero-order valence-corrected chi connectivity index (χ0v) is 12.1. The molecule has 20 heavy (non-hydrogen) atoms. The van der Waals surface area contributed by atoms with Crippen molar-refractivity contribution in [3.05, 3.63) is 18.3 Å². The number of carbonyl (C=O) groups is 1. The van der Waals surface area contributed by atoms with Crippen molar-refractivity contribution in [2.75, 3.05) is 38.7 Å². The third-order valence-electron chi connectivity index (χ3n) is 2.51. The molecule has 1 amide bonds. The van der Waals surface area contributed by atoms with Gasteiger partial charge in [0.25, 0.3) is 0 Å². The van der Waals surface area contributed by atoms with E-state index in [0.717, 1.165) is 6.42 Å². The lowest BCUT2D eigenvalue weighted by Gasteiger charge is -2.11. The molecule has 0 atom stereocenters. The van der Waals surface area contributed by atoms with Crippen LogP contribution in [0.1, 0.15) is 19.8 Å². The molecule has 0 aliphatic carbocycles. The van der Waals surface area contributed by atoms with Crippen LogP contribution in [0.5, 0.6) is 5.75 Å². The molecular formula is C14H23N3O3. The summed E-state index contributed by atoms with van der Waals surface area (Å²) in [5.74, 6) is 1.38. The molecule has 2 N–H and O–H groups in total. The smallest absolute Gasteiger partial charge is 0.221 e. The number of nitrogens with one attached hydrogen (secondary N) is 2. The van der Waals surface area contributed by atoms with Crippen LogP contribution in [0.4, 0.5) is 5.82 Å². The highest BCUT2D eigenvalue weighted by Gasteiger charge is 2.05. The maximum absolute atomic E-state index is 11.5. The first kappa shape index (κ1) is 16.2. The summed E-state index contributed by atoms with van der Waals surface area (Å²) in [6.45, 7) is 4.27. The number of amides is 1. The molecule has 0 aromatic carbocycles. The molecule has 1 heterocycles. The Kier molecular flexibility index (Phi) is 8.14. The third kappa shape index (κ3) is 6.38. The van der Waals surface area contributed by atoms with Gasteiger partial charge in [-0.25, -0.2) is 4.98 Å². The lowest BCUT2D eigenvalue weighted by atomic mass is 10.3. The van der Waals surface area contributed by atoms with Crippen LogP contribution in [-0.2, 0) is 9.53 Å². The highest BCUT2D eigenvalue weighted by molar-refractivity contribution is 5.76. The summed E-state index contributed by atoms with van der Waals surface area (Å²) in [5.41, 5.74) is 0. The van der Waals surface area contributed by atoms with Gasteiger partial charge in [-0.3, -0.25) is 4.79 Å². The van der Waals surface area contributed by atoms with Gasteiger partial charge in [0.1, 0.15) is 0 Å². The van der Waals surface area contributed by atoms with Crippen LogP contribution in [0, 0.1) is 0 Å². The van der Waals surface area contributed by atoms with E-state index in [1.165, 1.54) is 0 Å². The normalized spacial score (nSPS) is 10.1. The lowest BCUT2D eigenvalue weighted by molar-refractivity contribution is -0.121. The fourth-order valence-corrected chi connectivity index (χ4v) is 1.53. The van der Waals surface area contributed by atoms with E-state index >= 15 is 0 Å². The fraction of sp³-hybridized carbons (Fsp3) is 0.571. The third-order valence-corrected chi connectivity index (χ3v) is 2.51. The van der Waals surface area contributed by atoms with Gasteiger partial charge in [0, 0.05) is 32.8 Å². The SMILES string of the molecule is CCCOc1cccnc1NCCC(=O)NCCOC. The number of pyridine rings is 1. The van der Waals surface area contributed by atoms with Crippen LogP contribution in [-0.4, -0.2) is 44.3 Å². The predicted molar refractivity (Wildman–Crippen MR) is 78.0 cm³/mol. The van der Waals surface area contributed by atoms with E-state index in [9.17, 15) is 4.79 Å². The quantitative estimate of drug-likeness (QED) is 0.635. The number of carbonyl (C=O) groups excluding carboxylic acids is 1. The van der Waals surface area contributed by atoms with Gasteiger partial charge in [-0.1, -0.05) is 6.92 Å². The van der Waals surface area contributed by atoms with Gasteiger partial charge >= 0.3 is 0 Å². The van der Waals surface area contributed by atoms with Crippen LogP contribution in [0.3, 0.4) is 0 Å². The van der Waals surface area contributed by atoms with E-state index in [1.54, 1.807) is 13.3 Å². The van der Waals surface area contributed by atoms with Gasteiger partial charge in [-0.05, 0) is 18.6 Å². The number of hydrogen-bond acceptors (Lipinski definition) is 5. The van der Waals surface area contributed by atoms with Gasteiger partial charge in [0.05, 0.1) is 13.2 Å². The summed E-state index contributed by atoms with van der Waals surface area (Å²) in [4.78, 5) is 15.7. The molecule has 0 aliphatic rings. The molecule has 0 bridgehead atoms. The second-order valence-electron chi connectivity index (χ2n) is 4.22. The number of methoxy groups -OCH3 is 1. The van der Waals surface area contributed by atoms with Crippen molar-refractivity contribution in [3.8, 4) is 5.75 Å². The minimum absolute atomic E-state index is 0.0125. The second kappa shape index (κ2) is 10.0. The van der Waals surface area contributed by atoms with Gasteiger partial charge in [0.2, 0.25) is 5.91 Å². The molecular weight excluding hydrogens is 258 g/mol. The van der Waals surface area contributed by atoms with Crippen LogP contribution in [0.15, 0.2) is 18.3 Å². The monoisotopic (exact) mass is 281 g/mol. The molecule has 0 fully saturated rings. The van der Waals surface area contributed by atoms with Gasteiger partial charge < -0.3 is 20.1 Å². The molecule has 112 valence electrons. The van der Waals surface area contributed by atoms with Crippen LogP contribution < -0.4 is 15.4 Å². The standard InChI is InChI=1S/C14H23N3O3/c1-3-10-20-12-5-4-7-16-14(12)17-8-6-13(18)15-9-11-19-2/h4-5,7H,3,6,8-11H2,1-2H3,(H,15,18)(H,16,17). The van der Waals surface area contributed by atoms with E-state index in [1.807, 2.05) is 19.1 Å². The Morgan fingerprint density at radius 1 is 1.35 bits per heavy atom. The second-order valence-corrected chi connectivity index (χ2v) is 4.22. The van der Waals surface area contributed by atoms with Crippen molar-refractivity contribution in [1.29, 1.82) is 0 Å². The molecule has 0 unspecified atom stereocenters. The molecule has 1 aromatic rings. The average molecular weight is 281 g/mol. The number of nitrogens with zero attached hydrogens (tertiary/aromatic N) is 1. The highest BCUT2D eigenvalue weighted by Crippen LogP contribution is 2.20. The molecule has 0 radical (unpaired) electrons. The molecule has 0 spiro atoms. The van der Waals surface area contributed by atoms with E-state index < -0.39 is 0 Å². The van der Waals surface area contributed by atoms with Crippen molar-refractivity contribution in [2.45, 2.75) is 19.8 Å². The van der Waals surface area contributed by atoms with Crippen molar-refractivity contribution in [3.63, 3.8) is 0 Å². The summed E-state index contributed by atoms with van der Waals surface area (Å²) in [5, 5.41) is 5.88.